The molecule has 5 nitrogen and oxygen atoms in total. The molecule has 0 aliphatic carbocycles. The molecule has 1 aromatic heterocycles. The van der Waals surface area contributed by atoms with Crippen LogP contribution < -0.4 is 10.5 Å². The zero-order valence-electron chi connectivity index (χ0n) is 16.4. The minimum atomic E-state index is -4.74. The number of ether oxygens (including phenoxy) is 1. The molecule has 32 heavy (non-hydrogen) atoms. The maximum atomic E-state index is 13.1. The van der Waals surface area contributed by atoms with Crippen molar-refractivity contribution < 1.29 is 26.7 Å². The van der Waals surface area contributed by atoms with Crippen LogP contribution in [-0.2, 0) is 11.1 Å². The Hall–Kier alpha value is -2.66. The van der Waals surface area contributed by atoms with Gasteiger partial charge in [-0.2, -0.15) is 13.2 Å². The third kappa shape index (κ3) is 5.77. The van der Waals surface area contributed by atoms with Crippen molar-refractivity contribution in [1.29, 1.82) is 0 Å². The summed E-state index contributed by atoms with van der Waals surface area (Å²) in [5.41, 5.74) is 4.68. The fourth-order valence-corrected chi connectivity index (χ4v) is 4.19. The molecule has 0 aliphatic rings. The van der Waals surface area contributed by atoms with Crippen molar-refractivity contribution >= 4 is 45.4 Å². The fraction of sp³-hybridized carbons (Fsp3) is 0.0952. The van der Waals surface area contributed by atoms with Gasteiger partial charge in [0.25, 0.3) is 0 Å². The van der Waals surface area contributed by atoms with Crippen molar-refractivity contribution in [2.75, 3.05) is 7.11 Å². The van der Waals surface area contributed by atoms with Crippen LogP contribution in [0.25, 0.3) is 10.4 Å². The van der Waals surface area contributed by atoms with Gasteiger partial charge >= 0.3 is 6.18 Å². The minimum Gasteiger partial charge on any atom is -0.768 e. The molecule has 2 aromatic carbocycles. The van der Waals surface area contributed by atoms with E-state index in [-0.39, 0.29) is 16.3 Å². The molecule has 2 N–H and O–H groups in total. The van der Waals surface area contributed by atoms with Crippen molar-refractivity contribution in [3.05, 3.63) is 76.3 Å². The molecule has 1 atom stereocenters. The van der Waals surface area contributed by atoms with Crippen LogP contribution in [-0.4, -0.2) is 27.8 Å². The van der Waals surface area contributed by atoms with Gasteiger partial charge < -0.3 is 15.0 Å². The fourth-order valence-electron chi connectivity index (χ4n) is 2.65. The van der Waals surface area contributed by atoms with Gasteiger partial charge in [-0.05, 0) is 65.2 Å². The summed E-state index contributed by atoms with van der Waals surface area (Å²) in [6, 6.07) is 14.0. The highest BCUT2D eigenvalue weighted by atomic mass is 35.5. The van der Waals surface area contributed by atoms with Gasteiger partial charge in [0.15, 0.2) is 0 Å². The number of aliphatic imine (C=N–C) groups is 1. The number of thiophene rings is 1. The lowest BCUT2D eigenvalue weighted by atomic mass is 10.2. The molecular weight excluding hydrogens is 485 g/mol. The van der Waals surface area contributed by atoms with E-state index in [1.807, 2.05) is 0 Å². The molecule has 0 aliphatic heterocycles. The number of allylic oxidation sites excluding steroid dienone is 2. The van der Waals surface area contributed by atoms with E-state index in [9.17, 15) is 21.9 Å². The highest BCUT2D eigenvalue weighted by molar-refractivity contribution is 7.79. The number of benzene rings is 2. The van der Waals surface area contributed by atoms with Crippen molar-refractivity contribution in [3.8, 4) is 16.2 Å². The highest BCUT2D eigenvalue weighted by Crippen LogP contribution is 2.34. The molecule has 0 saturated heterocycles. The molecule has 0 fully saturated rings. The van der Waals surface area contributed by atoms with Crippen molar-refractivity contribution in [2.45, 2.75) is 11.1 Å². The first-order valence-corrected chi connectivity index (χ1v) is 11.1. The zero-order valence-corrected chi connectivity index (χ0v) is 18.7. The first-order chi connectivity index (χ1) is 15.1. The summed E-state index contributed by atoms with van der Waals surface area (Å²) < 4.78 is 67.0. The molecule has 0 radical (unpaired) electrons. The van der Waals surface area contributed by atoms with Crippen LogP contribution in [0.5, 0.6) is 5.75 Å². The van der Waals surface area contributed by atoms with Crippen molar-refractivity contribution in [2.24, 2.45) is 10.7 Å². The molecule has 3 rings (SSSR count). The lowest BCUT2D eigenvalue weighted by molar-refractivity contribution is -0.0925. The maximum Gasteiger partial charge on any atom is 0.430 e. The molecule has 3 aromatic rings. The number of nitrogens with zero attached hydrogens (tertiary/aromatic N) is 1. The van der Waals surface area contributed by atoms with Crippen LogP contribution >= 0.6 is 22.9 Å². The molecule has 1 unspecified atom stereocenters. The Morgan fingerprint density at radius 2 is 1.97 bits per heavy atom. The average Bonchev–Trinajstić information content (AvgIpc) is 3.23. The largest absolute Gasteiger partial charge is 0.768 e. The molecule has 11 heteroatoms. The predicted octanol–water partition coefficient (Wildman–Crippen LogP) is 5.84. The summed E-state index contributed by atoms with van der Waals surface area (Å²) in [7, 11) is 1.40. The van der Waals surface area contributed by atoms with Gasteiger partial charge in [-0.15, -0.1) is 11.3 Å². The SMILES string of the molecule is COc1ccc(Cl)cc1N=C(C=C(N)C(F)(F)F)c1ccc(-c2cccc(S(=O)[O-])c2)s1. The van der Waals surface area contributed by atoms with E-state index >= 15 is 0 Å². The second kappa shape index (κ2) is 9.86. The third-order valence-corrected chi connectivity index (χ3v) is 6.20. The Bertz CT molecular complexity index is 1220. The monoisotopic (exact) mass is 499 g/mol. The van der Waals surface area contributed by atoms with E-state index in [4.69, 9.17) is 22.1 Å². The molecule has 0 spiro atoms. The number of halogens is 4. The Morgan fingerprint density at radius 3 is 2.62 bits per heavy atom. The van der Waals surface area contributed by atoms with Crippen LogP contribution in [0.2, 0.25) is 5.02 Å². The minimum absolute atomic E-state index is 0.0554. The van der Waals surface area contributed by atoms with Crippen molar-refractivity contribution in [1.82, 2.24) is 0 Å². The number of hydrogen-bond acceptors (Lipinski definition) is 6. The molecule has 1 heterocycles. The normalized spacial score (nSPS) is 13.8. The zero-order chi connectivity index (χ0) is 23.5. The first-order valence-electron chi connectivity index (χ1n) is 8.85. The molecule has 168 valence electrons. The maximum absolute atomic E-state index is 13.1. The van der Waals surface area contributed by atoms with Crippen LogP contribution in [0.1, 0.15) is 4.88 Å². The van der Waals surface area contributed by atoms with Gasteiger partial charge in [0, 0.05) is 14.8 Å². The Labute approximate surface area is 193 Å². The quantitative estimate of drug-likeness (QED) is 0.341. The Morgan fingerprint density at radius 1 is 1.22 bits per heavy atom. The van der Waals surface area contributed by atoms with Crippen molar-refractivity contribution in [3.63, 3.8) is 0 Å². The standard InChI is InChI=1S/C21H16ClF3N2O3S2/c1-30-17-6-5-13(22)10-15(17)27-16(11-20(26)21(23,24)25)19-8-7-18(31-19)12-3-2-4-14(9-12)32(28)29/h2-11H,26H2,1H3,(H,28,29)/p-1. The summed E-state index contributed by atoms with van der Waals surface area (Å²) in [6.07, 6.45) is -4.01. The van der Waals surface area contributed by atoms with Gasteiger partial charge in [0.1, 0.15) is 17.1 Å². The van der Waals surface area contributed by atoms with E-state index in [1.54, 1.807) is 36.4 Å². The van der Waals surface area contributed by atoms with Crippen LogP contribution in [0.4, 0.5) is 18.9 Å². The predicted molar refractivity (Wildman–Crippen MR) is 119 cm³/mol. The number of nitrogens with two attached hydrogens (primary N) is 1. The third-order valence-electron chi connectivity index (χ3n) is 4.17. The summed E-state index contributed by atoms with van der Waals surface area (Å²) in [4.78, 5) is 5.44. The van der Waals surface area contributed by atoms with Crippen LogP contribution in [0.3, 0.4) is 0 Å². The van der Waals surface area contributed by atoms with Crippen LogP contribution in [0, 0.1) is 0 Å². The number of methoxy groups -OCH3 is 1. The van der Waals surface area contributed by atoms with E-state index in [0.29, 0.717) is 26.1 Å². The van der Waals surface area contributed by atoms with E-state index < -0.39 is 23.0 Å². The van der Waals surface area contributed by atoms with Gasteiger partial charge in [-0.1, -0.05) is 23.7 Å². The Balaban J connectivity index is 2.13. The van der Waals surface area contributed by atoms with E-state index in [1.165, 1.54) is 25.3 Å². The second-order valence-corrected chi connectivity index (χ2v) is 8.80. The van der Waals surface area contributed by atoms with Gasteiger partial charge in [0.2, 0.25) is 0 Å². The van der Waals surface area contributed by atoms with Gasteiger partial charge in [0.05, 0.1) is 17.7 Å². The number of rotatable bonds is 6. The molecule has 0 amide bonds. The average molecular weight is 500 g/mol. The molecular formula is C21H15ClF3N2O3S2-. The topological polar surface area (TPSA) is 87.7 Å². The lowest BCUT2D eigenvalue weighted by Gasteiger charge is -2.09. The number of alkyl halides is 3. The van der Waals surface area contributed by atoms with Gasteiger partial charge in [-0.3, -0.25) is 4.21 Å². The molecule has 0 saturated carbocycles. The summed E-state index contributed by atoms with van der Waals surface area (Å²) in [6.45, 7) is 0. The van der Waals surface area contributed by atoms with Crippen LogP contribution in [0.15, 0.2) is 76.3 Å². The molecule has 0 bridgehead atoms. The Kier molecular flexibility index (Phi) is 7.40. The number of hydrogen-bond donors (Lipinski definition) is 1. The smallest absolute Gasteiger partial charge is 0.430 e. The summed E-state index contributed by atoms with van der Waals surface area (Å²) in [5.74, 6) is 0.313. The van der Waals surface area contributed by atoms with Gasteiger partial charge in [-0.25, -0.2) is 4.99 Å². The first kappa shape index (κ1) is 24.0. The lowest BCUT2D eigenvalue weighted by Crippen LogP contribution is -2.20. The second-order valence-electron chi connectivity index (χ2n) is 6.34. The summed E-state index contributed by atoms with van der Waals surface area (Å²) in [5, 5.41) is 0.325. The van der Waals surface area contributed by atoms with E-state index in [0.717, 1.165) is 17.4 Å². The highest BCUT2D eigenvalue weighted by Gasteiger charge is 2.32. The summed E-state index contributed by atoms with van der Waals surface area (Å²) >= 11 is 4.73. The van der Waals surface area contributed by atoms with E-state index in [2.05, 4.69) is 4.99 Å².